The van der Waals surface area contributed by atoms with Crippen molar-refractivity contribution in [2.75, 3.05) is 18.0 Å². The highest BCUT2D eigenvalue weighted by atomic mass is 16.2. The Labute approximate surface area is 171 Å². The minimum Gasteiger partial charge on any atom is -0.372 e. The number of hydrogen-bond donors (Lipinski definition) is 1. The Morgan fingerprint density at radius 2 is 1.62 bits per heavy atom. The SMILES string of the molecule is Cc1ccc(C)n1-c1cccc(C(=O)N/N=C/c2ccc(N3CCCC3)cc2)c1. The maximum atomic E-state index is 12.5. The van der Waals surface area contributed by atoms with E-state index in [0.29, 0.717) is 5.56 Å². The second-order valence-corrected chi connectivity index (χ2v) is 7.49. The van der Waals surface area contributed by atoms with Gasteiger partial charge in [0.25, 0.3) is 5.91 Å². The molecule has 1 N–H and O–H groups in total. The Morgan fingerprint density at radius 1 is 0.931 bits per heavy atom. The van der Waals surface area contributed by atoms with Gasteiger partial charge in [-0.05, 0) is 74.7 Å². The molecule has 5 nitrogen and oxygen atoms in total. The quantitative estimate of drug-likeness (QED) is 0.520. The first-order valence-electron chi connectivity index (χ1n) is 10.1. The number of amides is 1. The molecule has 0 bridgehead atoms. The first-order valence-corrected chi connectivity index (χ1v) is 10.1. The molecule has 3 aromatic rings. The smallest absolute Gasteiger partial charge is 0.271 e. The molecule has 4 rings (SSSR count). The van der Waals surface area contributed by atoms with Crippen LogP contribution in [0.5, 0.6) is 0 Å². The van der Waals surface area contributed by atoms with Crippen LogP contribution in [0.15, 0.2) is 65.8 Å². The topological polar surface area (TPSA) is 49.6 Å². The zero-order chi connectivity index (χ0) is 20.2. The van der Waals surface area contributed by atoms with E-state index in [4.69, 9.17) is 0 Å². The molecule has 5 heteroatoms. The second-order valence-electron chi connectivity index (χ2n) is 7.49. The van der Waals surface area contributed by atoms with Gasteiger partial charge in [-0.2, -0.15) is 5.10 Å². The standard InChI is InChI=1S/C24H26N4O/c1-18-8-9-19(2)28(18)23-7-5-6-21(16-23)24(29)26-25-17-20-10-12-22(13-11-20)27-14-3-4-15-27/h5-13,16-17H,3-4,14-15H2,1-2H3,(H,26,29)/b25-17+. The van der Waals surface area contributed by atoms with Crippen molar-refractivity contribution < 1.29 is 4.79 Å². The number of rotatable bonds is 5. The number of benzene rings is 2. The molecule has 1 amide bonds. The molecule has 0 unspecified atom stereocenters. The van der Waals surface area contributed by atoms with Crippen LogP contribution in [0.2, 0.25) is 0 Å². The van der Waals surface area contributed by atoms with Crippen LogP contribution in [0.4, 0.5) is 5.69 Å². The maximum Gasteiger partial charge on any atom is 0.271 e. The predicted molar refractivity (Wildman–Crippen MR) is 118 cm³/mol. The second kappa shape index (κ2) is 8.35. The van der Waals surface area contributed by atoms with Gasteiger partial charge in [-0.1, -0.05) is 18.2 Å². The molecule has 1 saturated heterocycles. The van der Waals surface area contributed by atoms with E-state index >= 15 is 0 Å². The summed E-state index contributed by atoms with van der Waals surface area (Å²) in [5.74, 6) is -0.223. The third-order valence-corrected chi connectivity index (χ3v) is 5.38. The summed E-state index contributed by atoms with van der Waals surface area (Å²) in [6.45, 7) is 6.37. The lowest BCUT2D eigenvalue weighted by Gasteiger charge is -2.17. The number of hydrogen-bond acceptors (Lipinski definition) is 3. The molecule has 1 aliphatic rings. The third kappa shape index (κ3) is 4.24. The third-order valence-electron chi connectivity index (χ3n) is 5.38. The van der Waals surface area contributed by atoms with Crippen LogP contribution in [0.25, 0.3) is 5.69 Å². The van der Waals surface area contributed by atoms with E-state index in [1.165, 1.54) is 18.5 Å². The largest absolute Gasteiger partial charge is 0.372 e. The molecule has 0 radical (unpaired) electrons. The van der Waals surface area contributed by atoms with Crippen LogP contribution < -0.4 is 10.3 Å². The summed E-state index contributed by atoms with van der Waals surface area (Å²) in [4.78, 5) is 14.9. The van der Waals surface area contributed by atoms with E-state index in [1.807, 2.05) is 30.3 Å². The minimum atomic E-state index is -0.223. The van der Waals surface area contributed by atoms with Crippen LogP contribution in [0.3, 0.4) is 0 Å². The number of hydrazone groups is 1. The number of aryl methyl sites for hydroxylation is 2. The Bertz CT molecular complexity index is 1010. The van der Waals surface area contributed by atoms with Gasteiger partial charge in [-0.3, -0.25) is 4.79 Å². The molecular weight excluding hydrogens is 360 g/mol. The molecule has 0 spiro atoms. The van der Waals surface area contributed by atoms with E-state index in [1.54, 1.807) is 12.3 Å². The molecule has 1 fully saturated rings. The minimum absolute atomic E-state index is 0.223. The van der Waals surface area contributed by atoms with Gasteiger partial charge in [0.15, 0.2) is 0 Å². The molecule has 0 atom stereocenters. The highest BCUT2D eigenvalue weighted by Crippen LogP contribution is 2.20. The normalized spacial score (nSPS) is 13.9. The summed E-state index contributed by atoms with van der Waals surface area (Å²) >= 11 is 0. The Morgan fingerprint density at radius 3 is 2.31 bits per heavy atom. The first-order chi connectivity index (χ1) is 14.1. The van der Waals surface area contributed by atoms with Crippen molar-refractivity contribution in [1.82, 2.24) is 9.99 Å². The molecular formula is C24H26N4O. The molecule has 1 aromatic heterocycles. The summed E-state index contributed by atoms with van der Waals surface area (Å²) in [5.41, 5.74) is 8.66. The predicted octanol–water partition coefficient (Wildman–Crippen LogP) is 4.46. The van der Waals surface area contributed by atoms with Gasteiger partial charge in [0.1, 0.15) is 0 Å². The van der Waals surface area contributed by atoms with E-state index in [-0.39, 0.29) is 5.91 Å². The van der Waals surface area contributed by atoms with Crippen molar-refractivity contribution in [3.63, 3.8) is 0 Å². The number of nitrogens with one attached hydrogen (secondary N) is 1. The fourth-order valence-electron chi connectivity index (χ4n) is 3.84. The summed E-state index contributed by atoms with van der Waals surface area (Å²) in [7, 11) is 0. The van der Waals surface area contributed by atoms with E-state index in [2.05, 4.69) is 58.1 Å². The number of carbonyl (C=O) groups excluding carboxylic acids is 1. The van der Waals surface area contributed by atoms with Crippen LogP contribution in [0.1, 0.15) is 40.2 Å². The van der Waals surface area contributed by atoms with Gasteiger partial charge in [0.05, 0.1) is 6.21 Å². The summed E-state index contributed by atoms with van der Waals surface area (Å²) in [6.07, 6.45) is 4.20. The molecule has 0 aliphatic carbocycles. The van der Waals surface area contributed by atoms with Crippen molar-refractivity contribution >= 4 is 17.8 Å². The van der Waals surface area contributed by atoms with Crippen LogP contribution in [-0.2, 0) is 0 Å². The van der Waals surface area contributed by atoms with Crippen molar-refractivity contribution in [3.05, 3.63) is 83.2 Å². The molecule has 2 aromatic carbocycles. The van der Waals surface area contributed by atoms with Crippen molar-refractivity contribution in [1.29, 1.82) is 0 Å². The first kappa shape index (κ1) is 19.0. The lowest BCUT2D eigenvalue weighted by molar-refractivity contribution is 0.0955. The summed E-state index contributed by atoms with van der Waals surface area (Å²) < 4.78 is 2.13. The van der Waals surface area contributed by atoms with Crippen LogP contribution in [-0.4, -0.2) is 29.8 Å². The monoisotopic (exact) mass is 386 g/mol. The molecule has 148 valence electrons. The van der Waals surface area contributed by atoms with Gasteiger partial charge < -0.3 is 9.47 Å². The van der Waals surface area contributed by atoms with Crippen LogP contribution >= 0.6 is 0 Å². The highest BCUT2D eigenvalue weighted by Gasteiger charge is 2.11. The zero-order valence-electron chi connectivity index (χ0n) is 16.9. The average Bonchev–Trinajstić information content (AvgIpc) is 3.39. The number of carbonyl (C=O) groups is 1. The van der Waals surface area contributed by atoms with Crippen molar-refractivity contribution in [3.8, 4) is 5.69 Å². The van der Waals surface area contributed by atoms with Gasteiger partial charge in [0, 0.05) is 41.4 Å². The van der Waals surface area contributed by atoms with E-state index in [9.17, 15) is 4.79 Å². The summed E-state index contributed by atoms with van der Waals surface area (Å²) in [5, 5.41) is 4.13. The Balaban J connectivity index is 1.41. The van der Waals surface area contributed by atoms with Gasteiger partial charge in [0.2, 0.25) is 0 Å². The van der Waals surface area contributed by atoms with Gasteiger partial charge in [-0.15, -0.1) is 0 Å². The zero-order valence-corrected chi connectivity index (χ0v) is 16.9. The Kier molecular flexibility index (Phi) is 5.47. The van der Waals surface area contributed by atoms with Gasteiger partial charge >= 0.3 is 0 Å². The van der Waals surface area contributed by atoms with Crippen molar-refractivity contribution in [2.45, 2.75) is 26.7 Å². The summed E-state index contributed by atoms with van der Waals surface area (Å²) in [6, 6.07) is 20.0. The Hall–Kier alpha value is -3.34. The number of aromatic nitrogens is 1. The number of anilines is 1. The molecule has 2 heterocycles. The molecule has 0 saturated carbocycles. The number of nitrogens with zero attached hydrogens (tertiary/aromatic N) is 3. The van der Waals surface area contributed by atoms with E-state index < -0.39 is 0 Å². The molecule has 29 heavy (non-hydrogen) atoms. The highest BCUT2D eigenvalue weighted by molar-refractivity contribution is 5.95. The van der Waals surface area contributed by atoms with E-state index in [0.717, 1.165) is 35.7 Å². The lowest BCUT2D eigenvalue weighted by Crippen LogP contribution is -2.18. The maximum absolute atomic E-state index is 12.5. The molecule has 1 aliphatic heterocycles. The fourth-order valence-corrected chi connectivity index (χ4v) is 3.84. The lowest BCUT2D eigenvalue weighted by atomic mass is 10.2. The fraction of sp³-hybridized carbons (Fsp3) is 0.250. The van der Waals surface area contributed by atoms with Crippen LogP contribution in [0, 0.1) is 13.8 Å². The van der Waals surface area contributed by atoms with Gasteiger partial charge in [-0.25, -0.2) is 5.43 Å². The average molecular weight is 386 g/mol. The van der Waals surface area contributed by atoms with Crippen molar-refractivity contribution in [2.24, 2.45) is 5.10 Å².